The number of rotatable bonds is 5. The number of hydrogen-bond acceptors (Lipinski definition) is 4. The minimum Gasteiger partial charge on any atom is -0.424 e. The van der Waals surface area contributed by atoms with Gasteiger partial charge in [0, 0.05) is 37.4 Å². The molecule has 5 rings (SSSR count). The van der Waals surface area contributed by atoms with Crippen LogP contribution in [0.3, 0.4) is 0 Å². The first kappa shape index (κ1) is 21.2. The van der Waals surface area contributed by atoms with E-state index in [1.54, 1.807) is 12.4 Å². The third-order valence-electron chi connectivity index (χ3n) is 6.22. The second-order valence-electron chi connectivity index (χ2n) is 8.82. The van der Waals surface area contributed by atoms with Gasteiger partial charge in [0.05, 0.1) is 0 Å². The third-order valence-corrected chi connectivity index (χ3v) is 6.22. The van der Waals surface area contributed by atoms with Gasteiger partial charge in [0.1, 0.15) is 5.75 Å². The van der Waals surface area contributed by atoms with Crippen LogP contribution in [0.15, 0.2) is 72.6 Å². The van der Waals surface area contributed by atoms with Crippen molar-refractivity contribution in [2.24, 2.45) is 0 Å². The normalized spacial score (nSPS) is 19.7. The number of nitrogens with one attached hydrogen (secondary N) is 1. The number of carbonyl (C=O) groups excluding carboxylic acids is 1. The molecule has 1 saturated heterocycles. The maximum atomic E-state index is 12.7. The first-order chi connectivity index (χ1) is 16.1. The zero-order valence-corrected chi connectivity index (χ0v) is 18.8. The molecule has 2 heterocycles. The zero-order valence-electron chi connectivity index (χ0n) is 18.8. The number of aryl methyl sites for hydroxylation is 1. The highest BCUT2D eigenvalue weighted by molar-refractivity contribution is 5.75. The summed E-state index contributed by atoms with van der Waals surface area (Å²) in [7, 11) is 0. The SMILES string of the molecule is Cc1cnc(Oc2cccc(C=C3CCN(C(=O)N[C@@H]4C[C@H]4c4ccccc4)CC3)c2)nc1. The monoisotopic (exact) mass is 440 g/mol. The number of likely N-dealkylation sites (tertiary alicyclic amines) is 1. The number of carbonyl (C=O) groups is 1. The molecule has 0 radical (unpaired) electrons. The Bertz CT molecular complexity index is 1130. The molecule has 0 spiro atoms. The van der Waals surface area contributed by atoms with Crippen molar-refractivity contribution in [3.8, 4) is 11.8 Å². The van der Waals surface area contributed by atoms with Crippen LogP contribution in [0.5, 0.6) is 11.8 Å². The van der Waals surface area contributed by atoms with E-state index in [9.17, 15) is 4.79 Å². The molecular formula is C27H28N4O2. The number of ether oxygens (including phenoxy) is 1. The third kappa shape index (κ3) is 5.40. The van der Waals surface area contributed by atoms with Gasteiger partial charge in [0.15, 0.2) is 0 Å². The van der Waals surface area contributed by atoms with E-state index in [4.69, 9.17) is 4.74 Å². The van der Waals surface area contributed by atoms with Gasteiger partial charge in [-0.25, -0.2) is 14.8 Å². The maximum absolute atomic E-state index is 12.7. The van der Waals surface area contributed by atoms with Crippen LogP contribution in [-0.4, -0.2) is 40.0 Å². The number of aromatic nitrogens is 2. The van der Waals surface area contributed by atoms with Gasteiger partial charge in [-0.2, -0.15) is 0 Å². The number of benzene rings is 2. The zero-order chi connectivity index (χ0) is 22.6. The summed E-state index contributed by atoms with van der Waals surface area (Å²) in [4.78, 5) is 23.0. The summed E-state index contributed by atoms with van der Waals surface area (Å²) in [5, 5.41) is 3.21. The highest BCUT2D eigenvalue weighted by Gasteiger charge is 2.40. The van der Waals surface area contributed by atoms with E-state index < -0.39 is 0 Å². The van der Waals surface area contributed by atoms with Gasteiger partial charge in [0.2, 0.25) is 0 Å². The lowest BCUT2D eigenvalue weighted by atomic mass is 10.0. The predicted molar refractivity (Wildman–Crippen MR) is 128 cm³/mol. The van der Waals surface area contributed by atoms with Crippen LogP contribution in [0.25, 0.3) is 6.08 Å². The maximum Gasteiger partial charge on any atom is 0.321 e. The van der Waals surface area contributed by atoms with Gasteiger partial charge in [-0.05, 0) is 55.0 Å². The van der Waals surface area contributed by atoms with Crippen molar-refractivity contribution in [2.75, 3.05) is 13.1 Å². The molecule has 6 nitrogen and oxygen atoms in total. The molecule has 6 heteroatoms. The fraction of sp³-hybridized carbons (Fsp3) is 0.296. The van der Waals surface area contributed by atoms with Gasteiger partial charge in [-0.1, -0.05) is 54.1 Å². The molecule has 1 aromatic heterocycles. The van der Waals surface area contributed by atoms with Crippen LogP contribution in [0.1, 0.15) is 41.9 Å². The molecule has 2 amide bonds. The Hall–Kier alpha value is -3.67. The molecule has 2 aliphatic rings. The van der Waals surface area contributed by atoms with Gasteiger partial charge in [-0.3, -0.25) is 0 Å². The quantitative estimate of drug-likeness (QED) is 0.583. The Morgan fingerprint density at radius 3 is 2.58 bits per heavy atom. The van der Waals surface area contributed by atoms with E-state index in [1.165, 1.54) is 11.1 Å². The molecule has 2 fully saturated rings. The summed E-state index contributed by atoms with van der Waals surface area (Å²) in [6, 6.07) is 19.0. The largest absolute Gasteiger partial charge is 0.424 e. The molecule has 33 heavy (non-hydrogen) atoms. The van der Waals surface area contributed by atoms with Crippen molar-refractivity contribution in [2.45, 2.75) is 38.1 Å². The first-order valence-electron chi connectivity index (χ1n) is 11.5. The first-order valence-corrected chi connectivity index (χ1v) is 11.5. The average Bonchev–Trinajstić information content (AvgIpc) is 3.61. The highest BCUT2D eigenvalue weighted by Crippen LogP contribution is 2.40. The Morgan fingerprint density at radius 2 is 1.82 bits per heavy atom. The highest BCUT2D eigenvalue weighted by atomic mass is 16.5. The fourth-order valence-corrected chi connectivity index (χ4v) is 4.26. The van der Waals surface area contributed by atoms with E-state index in [0.717, 1.165) is 43.5 Å². The van der Waals surface area contributed by atoms with Gasteiger partial charge in [-0.15, -0.1) is 0 Å². The molecule has 3 aromatic rings. The Morgan fingerprint density at radius 1 is 1.06 bits per heavy atom. The molecule has 1 saturated carbocycles. The summed E-state index contributed by atoms with van der Waals surface area (Å²) in [6.45, 7) is 3.43. The van der Waals surface area contributed by atoms with E-state index >= 15 is 0 Å². The van der Waals surface area contributed by atoms with Crippen LogP contribution in [0, 0.1) is 6.92 Å². The van der Waals surface area contributed by atoms with E-state index in [1.807, 2.05) is 36.1 Å². The summed E-state index contributed by atoms with van der Waals surface area (Å²) < 4.78 is 5.78. The molecule has 1 N–H and O–H groups in total. The van der Waals surface area contributed by atoms with Crippen molar-refractivity contribution >= 4 is 12.1 Å². The smallest absolute Gasteiger partial charge is 0.321 e. The minimum absolute atomic E-state index is 0.0611. The second kappa shape index (κ2) is 9.45. The van der Waals surface area contributed by atoms with Crippen molar-refractivity contribution < 1.29 is 9.53 Å². The molecule has 1 aliphatic heterocycles. The van der Waals surface area contributed by atoms with E-state index in [2.05, 4.69) is 51.7 Å². The van der Waals surface area contributed by atoms with Crippen molar-refractivity contribution in [3.63, 3.8) is 0 Å². The summed E-state index contributed by atoms with van der Waals surface area (Å²) in [5.74, 6) is 1.16. The summed E-state index contributed by atoms with van der Waals surface area (Å²) in [5.41, 5.74) is 4.73. The minimum atomic E-state index is 0.0611. The van der Waals surface area contributed by atoms with Gasteiger partial charge in [0.25, 0.3) is 0 Å². The predicted octanol–water partition coefficient (Wildman–Crippen LogP) is 5.32. The van der Waals surface area contributed by atoms with Crippen LogP contribution in [0.2, 0.25) is 0 Å². The van der Waals surface area contributed by atoms with Crippen LogP contribution in [0.4, 0.5) is 4.79 Å². The molecule has 0 bridgehead atoms. The number of nitrogens with zero attached hydrogens (tertiary/aromatic N) is 3. The molecule has 2 atom stereocenters. The van der Waals surface area contributed by atoms with Gasteiger partial charge < -0.3 is 15.0 Å². The second-order valence-corrected chi connectivity index (χ2v) is 8.82. The van der Waals surface area contributed by atoms with Crippen LogP contribution < -0.4 is 10.1 Å². The lowest BCUT2D eigenvalue weighted by Crippen LogP contribution is -2.44. The van der Waals surface area contributed by atoms with Crippen molar-refractivity contribution in [1.29, 1.82) is 0 Å². The van der Waals surface area contributed by atoms with Gasteiger partial charge >= 0.3 is 12.0 Å². The lowest BCUT2D eigenvalue weighted by molar-refractivity contribution is 0.193. The summed E-state index contributed by atoms with van der Waals surface area (Å²) >= 11 is 0. The molecular weight excluding hydrogens is 412 g/mol. The number of amides is 2. The lowest BCUT2D eigenvalue weighted by Gasteiger charge is -2.28. The summed E-state index contributed by atoms with van der Waals surface area (Å²) in [6.07, 6.45) is 8.47. The topological polar surface area (TPSA) is 67.3 Å². The fourth-order valence-electron chi connectivity index (χ4n) is 4.26. The molecule has 1 aliphatic carbocycles. The van der Waals surface area contributed by atoms with Crippen molar-refractivity contribution in [3.05, 3.63) is 89.3 Å². The van der Waals surface area contributed by atoms with Crippen molar-refractivity contribution in [1.82, 2.24) is 20.2 Å². The molecule has 2 aromatic carbocycles. The number of piperidine rings is 1. The average molecular weight is 441 g/mol. The van der Waals surface area contributed by atoms with Crippen LogP contribution >= 0.6 is 0 Å². The van der Waals surface area contributed by atoms with E-state index in [0.29, 0.717) is 17.7 Å². The van der Waals surface area contributed by atoms with E-state index in [-0.39, 0.29) is 12.1 Å². The Labute approximate surface area is 194 Å². The molecule has 168 valence electrons. The molecule has 0 unspecified atom stereocenters. The Kier molecular flexibility index (Phi) is 6.07. The van der Waals surface area contributed by atoms with Crippen LogP contribution in [-0.2, 0) is 0 Å². The number of urea groups is 1. The standard InChI is InChI=1S/C27H28N4O2/c1-19-17-28-26(29-18-19)33-23-9-5-6-21(15-23)14-20-10-12-31(13-11-20)27(32)30-25-16-24(25)22-7-3-2-4-8-22/h2-9,14-15,17-18,24-25H,10-13,16H2,1H3,(H,30,32)/t24-,25+/m0/s1. The number of hydrogen-bond donors (Lipinski definition) is 1. The Balaban J connectivity index is 1.13.